The number of morpholine rings is 1. The number of rotatable bonds is 4. The number of hydrogen-bond acceptors (Lipinski definition) is 5. The second-order valence-electron chi connectivity index (χ2n) is 5.57. The van der Waals surface area contributed by atoms with Crippen LogP contribution in [-0.2, 0) is 4.74 Å². The lowest BCUT2D eigenvalue weighted by Gasteiger charge is -2.29. The monoisotopic (exact) mass is 327 g/mol. The van der Waals surface area contributed by atoms with E-state index in [1.54, 1.807) is 18.6 Å². The predicted octanol–water partition coefficient (Wildman–Crippen LogP) is 2.20. The number of amides is 2. The van der Waals surface area contributed by atoms with Crippen LogP contribution in [0.5, 0.6) is 0 Å². The largest absolute Gasteiger partial charge is 0.378 e. The van der Waals surface area contributed by atoms with Crippen LogP contribution in [-0.4, -0.2) is 42.3 Å². The number of ether oxygens (including phenoxy) is 1. The zero-order valence-corrected chi connectivity index (χ0v) is 13.6. The number of urea groups is 1. The number of carbonyl (C=O) groups excluding carboxylic acids is 1. The molecule has 2 aromatic rings. The van der Waals surface area contributed by atoms with Gasteiger partial charge in [0.25, 0.3) is 0 Å². The van der Waals surface area contributed by atoms with E-state index in [1.165, 1.54) is 0 Å². The highest BCUT2D eigenvalue weighted by molar-refractivity contribution is 5.92. The van der Waals surface area contributed by atoms with Crippen molar-refractivity contribution in [3.05, 3.63) is 48.4 Å². The van der Waals surface area contributed by atoms with Gasteiger partial charge in [0.2, 0.25) is 0 Å². The van der Waals surface area contributed by atoms with Gasteiger partial charge in [0.05, 0.1) is 24.9 Å². The van der Waals surface area contributed by atoms with E-state index in [2.05, 4.69) is 25.5 Å². The van der Waals surface area contributed by atoms with Crippen molar-refractivity contribution in [2.45, 2.75) is 13.0 Å². The van der Waals surface area contributed by atoms with E-state index in [-0.39, 0.29) is 12.1 Å². The first-order valence-electron chi connectivity index (χ1n) is 7.99. The normalized spacial score (nSPS) is 15.6. The summed E-state index contributed by atoms with van der Waals surface area (Å²) in [5, 5.41) is 5.82. The Morgan fingerprint density at radius 1 is 1.21 bits per heavy atom. The van der Waals surface area contributed by atoms with Crippen LogP contribution in [0.3, 0.4) is 0 Å². The lowest BCUT2D eigenvalue weighted by Crippen LogP contribution is -2.38. The SMILES string of the molecule is CC(NC(=O)Nc1cccnc1N1CCOCC1)c1ccncc1. The minimum Gasteiger partial charge on any atom is -0.378 e. The molecule has 1 unspecified atom stereocenters. The lowest BCUT2D eigenvalue weighted by atomic mass is 10.1. The summed E-state index contributed by atoms with van der Waals surface area (Å²) in [6.45, 7) is 4.80. The fourth-order valence-electron chi connectivity index (χ4n) is 2.61. The maximum Gasteiger partial charge on any atom is 0.319 e. The molecule has 24 heavy (non-hydrogen) atoms. The molecule has 0 radical (unpaired) electrons. The first-order valence-corrected chi connectivity index (χ1v) is 7.99. The van der Waals surface area contributed by atoms with E-state index < -0.39 is 0 Å². The topological polar surface area (TPSA) is 79.4 Å². The average Bonchev–Trinajstić information content (AvgIpc) is 2.63. The fourth-order valence-corrected chi connectivity index (χ4v) is 2.61. The van der Waals surface area contributed by atoms with E-state index in [4.69, 9.17) is 4.74 Å². The minimum absolute atomic E-state index is 0.114. The molecule has 3 rings (SSSR count). The molecule has 0 saturated carbocycles. The van der Waals surface area contributed by atoms with Gasteiger partial charge in [0.1, 0.15) is 0 Å². The molecule has 1 aliphatic rings. The number of aromatic nitrogens is 2. The van der Waals surface area contributed by atoms with Gasteiger partial charge in [-0.2, -0.15) is 0 Å². The molecule has 2 aromatic heterocycles. The molecular formula is C17H21N5O2. The smallest absolute Gasteiger partial charge is 0.319 e. The first kappa shape index (κ1) is 16.2. The Balaban J connectivity index is 1.66. The van der Waals surface area contributed by atoms with Crippen molar-refractivity contribution in [3.63, 3.8) is 0 Å². The van der Waals surface area contributed by atoms with Gasteiger partial charge in [0, 0.05) is 31.7 Å². The molecule has 1 saturated heterocycles. The predicted molar refractivity (Wildman–Crippen MR) is 92.1 cm³/mol. The van der Waals surface area contributed by atoms with E-state index in [0.29, 0.717) is 18.9 Å². The third-order valence-corrected chi connectivity index (χ3v) is 3.90. The Morgan fingerprint density at radius 3 is 2.71 bits per heavy atom. The van der Waals surface area contributed by atoms with Gasteiger partial charge in [-0.25, -0.2) is 9.78 Å². The van der Waals surface area contributed by atoms with E-state index in [0.717, 1.165) is 24.5 Å². The summed E-state index contributed by atoms with van der Waals surface area (Å²) in [5.74, 6) is 0.771. The summed E-state index contributed by atoms with van der Waals surface area (Å²) >= 11 is 0. The number of nitrogens with one attached hydrogen (secondary N) is 2. The summed E-state index contributed by atoms with van der Waals surface area (Å²) in [4.78, 5) is 22.8. The molecule has 0 spiro atoms. The van der Waals surface area contributed by atoms with Crippen molar-refractivity contribution in [1.29, 1.82) is 0 Å². The average molecular weight is 327 g/mol. The third-order valence-electron chi connectivity index (χ3n) is 3.90. The molecular weight excluding hydrogens is 306 g/mol. The van der Waals surface area contributed by atoms with Crippen molar-refractivity contribution in [2.24, 2.45) is 0 Å². The Bertz CT molecular complexity index is 674. The number of carbonyl (C=O) groups is 1. The highest BCUT2D eigenvalue weighted by Gasteiger charge is 2.17. The third kappa shape index (κ3) is 3.99. The van der Waals surface area contributed by atoms with Crippen molar-refractivity contribution in [2.75, 3.05) is 36.5 Å². The van der Waals surface area contributed by atoms with Crippen molar-refractivity contribution >= 4 is 17.5 Å². The number of anilines is 2. The zero-order valence-electron chi connectivity index (χ0n) is 13.6. The van der Waals surface area contributed by atoms with Crippen LogP contribution in [0.15, 0.2) is 42.9 Å². The molecule has 3 heterocycles. The maximum absolute atomic E-state index is 12.3. The molecule has 7 heteroatoms. The van der Waals surface area contributed by atoms with E-state index >= 15 is 0 Å². The molecule has 1 fully saturated rings. The maximum atomic E-state index is 12.3. The molecule has 2 amide bonds. The van der Waals surface area contributed by atoms with Gasteiger partial charge in [-0.3, -0.25) is 4.98 Å². The number of nitrogens with zero attached hydrogens (tertiary/aromatic N) is 3. The second kappa shape index (κ2) is 7.74. The lowest BCUT2D eigenvalue weighted by molar-refractivity contribution is 0.122. The Morgan fingerprint density at radius 2 is 1.96 bits per heavy atom. The van der Waals surface area contributed by atoms with Gasteiger partial charge in [0.15, 0.2) is 5.82 Å². The van der Waals surface area contributed by atoms with Crippen LogP contribution in [0.2, 0.25) is 0 Å². The summed E-state index contributed by atoms with van der Waals surface area (Å²) in [6.07, 6.45) is 5.15. The summed E-state index contributed by atoms with van der Waals surface area (Å²) in [6, 6.07) is 7.06. The van der Waals surface area contributed by atoms with Crippen LogP contribution < -0.4 is 15.5 Å². The molecule has 0 bridgehead atoms. The van der Waals surface area contributed by atoms with E-state index in [9.17, 15) is 4.79 Å². The molecule has 0 aliphatic carbocycles. The van der Waals surface area contributed by atoms with E-state index in [1.807, 2.05) is 31.2 Å². The molecule has 2 N–H and O–H groups in total. The van der Waals surface area contributed by atoms with Gasteiger partial charge in [-0.15, -0.1) is 0 Å². The van der Waals surface area contributed by atoms with Crippen molar-refractivity contribution in [1.82, 2.24) is 15.3 Å². The van der Waals surface area contributed by atoms with Gasteiger partial charge in [-0.1, -0.05) is 0 Å². The van der Waals surface area contributed by atoms with Crippen LogP contribution in [0.1, 0.15) is 18.5 Å². The number of hydrogen-bond donors (Lipinski definition) is 2. The van der Waals surface area contributed by atoms with Crippen molar-refractivity contribution in [3.8, 4) is 0 Å². The minimum atomic E-state index is -0.262. The Hall–Kier alpha value is -2.67. The van der Waals surface area contributed by atoms with Gasteiger partial charge in [-0.05, 0) is 36.8 Å². The summed E-state index contributed by atoms with van der Waals surface area (Å²) < 4.78 is 5.37. The van der Waals surface area contributed by atoms with Crippen LogP contribution >= 0.6 is 0 Å². The molecule has 0 aromatic carbocycles. The van der Waals surface area contributed by atoms with Gasteiger partial charge >= 0.3 is 6.03 Å². The van der Waals surface area contributed by atoms with Crippen LogP contribution in [0.4, 0.5) is 16.3 Å². The highest BCUT2D eigenvalue weighted by Crippen LogP contribution is 2.23. The first-order chi connectivity index (χ1) is 11.7. The molecule has 1 aliphatic heterocycles. The Labute approximate surface area is 141 Å². The van der Waals surface area contributed by atoms with Crippen molar-refractivity contribution < 1.29 is 9.53 Å². The summed E-state index contributed by atoms with van der Waals surface area (Å²) in [7, 11) is 0. The van der Waals surface area contributed by atoms with Gasteiger partial charge < -0.3 is 20.3 Å². The quantitative estimate of drug-likeness (QED) is 0.900. The summed E-state index contributed by atoms with van der Waals surface area (Å²) in [5.41, 5.74) is 1.69. The van der Waals surface area contributed by atoms with Crippen LogP contribution in [0, 0.1) is 0 Å². The fraction of sp³-hybridized carbons (Fsp3) is 0.353. The number of pyridine rings is 2. The molecule has 126 valence electrons. The molecule has 7 nitrogen and oxygen atoms in total. The Kier molecular flexibility index (Phi) is 5.22. The molecule has 1 atom stereocenters. The standard InChI is InChI=1S/C17H21N5O2/c1-13(14-4-7-18-8-5-14)20-17(23)21-15-3-2-6-19-16(15)22-9-11-24-12-10-22/h2-8,13H,9-12H2,1H3,(H2,20,21,23). The highest BCUT2D eigenvalue weighted by atomic mass is 16.5. The van der Waals surface area contributed by atoms with Crippen LogP contribution in [0.25, 0.3) is 0 Å². The zero-order chi connectivity index (χ0) is 16.8. The second-order valence-corrected chi connectivity index (χ2v) is 5.57.